The lowest BCUT2D eigenvalue weighted by Gasteiger charge is -2.23. The Balaban J connectivity index is 1.58. The molecule has 1 N–H and O–H groups in total. The first-order valence-electron chi connectivity index (χ1n) is 12.3. The lowest BCUT2D eigenvalue weighted by molar-refractivity contribution is -0.146. The van der Waals surface area contributed by atoms with E-state index in [9.17, 15) is 35.9 Å². The summed E-state index contributed by atoms with van der Waals surface area (Å²) in [5.41, 5.74) is -2.15. The van der Waals surface area contributed by atoms with Crippen LogP contribution in [0.25, 0.3) is 10.4 Å². The van der Waals surface area contributed by atoms with Gasteiger partial charge in [0.2, 0.25) is 5.01 Å². The summed E-state index contributed by atoms with van der Waals surface area (Å²) in [6.45, 7) is 1.54. The third-order valence-corrected chi connectivity index (χ3v) is 8.24. The highest BCUT2D eigenvalue weighted by Gasteiger charge is 2.49. The molecule has 0 unspecified atom stereocenters. The number of nitrogens with zero attached hydrogens (tertiary/aromatic N) is 3. The van der Waals surface area contributed by atoms with Crippen LogP contribution in [0.5, 0.6) is 0 Å². The van der Waals surface area contributed by atoms with Gasteiger partial charge in [0.1, 0.15) is 17.6 Å². The van der Waals surface area contributed by atoms with Crippen LogP contribution in [-0.2, 0) is 10.9 Å². The molecule has 5 rings (SSSR count). The molecule has 1 aliphatic carbocycles. The highest BCUT2D eigenvalue weighted by molar-refractivity contribution is 7.17. The van der Waals surface area contributed by atoms with Crippen molar-refractivity contribution in [1.29, 1.82) is 0 Å². The first kappa shape index (κ1) is 26.7. The van der Waals surface area contributed by atoms with Gasteiger partial charge in [-0.1, -0.05) is 0 Å². The Kier molecular flexibility index (Phi) is 6.81. The van der Waals surface area contributed by atoms with Crippen LogP contribution in [0.2, 0.25) is 0 Å². The van der Waals surface area contributed by atoms with Gasteiger partial charge in [-0.15, -0.1) is 11.3 Å². The highest BCUT2D eigenvalue weighted by atomic mass is 32.1. The predicted molar refractivity (Wildman–Crippen MR) is 125 cm³/mol. The molecule has 1 atom stereocenters. The SMILES string of the molecule is CCOC(=O)c1nc(C(=O)N2C3CCC2CC3)c(-c2cnc(N[C@@H](C3CC3)C(F)(F)F)cc2C(F)(F)F)s1. The Bertz CT molecular complexity index is 1220. The quantitative estimate of drug-likeness (QED) is 0.333. The Hall–Kier alpha value is -2.90. The van der Waals surface area contributed by atoms with Gasteiger partial charge in [-0.3, -0.25) is 4.79 Å². The first-order chi connectivity index (χ1) is 17.9. The van der Waals surface area contributed by atoms with Gasteiger partial charge in [0.15, 0.2) is 0 Å². The smallest absolute Gasteiger partial charge is 0.417 e. The van der Waals surface area contributed by atoms with Crippen molar-refractivity contribution in [2.75, 3.05) is 11.9 Å². The number of thiazole rings is 1. The van der Waals surface area contributed by atoms with Gasteiger partial charge >= 0.3 is 18.3 Å². The number of nitrogens with one attached hydrogen (secondary N) is 1. The Morgan fingerprint density at radius 2 is 1.74 bits per heavy atom. The van der Waals surface area contributed by atoms with E-state index in [0.717, 1.165) is 31.9 Å². The molecule has 3 fully saturated rings. The summed E-state index contributed by atoms with van der Waals surface area (Å²) >= 11 is 0.566. The topological polar surface area (TPSA) is 84.4 Å². The molecule has 0 spiro atoms. The number of esters is 1. The molecule has 38 heavy (non-hydrogen) atoms. The molecule has 206 valence electrons. The largest absolute Gasteiger partial charge is 0.461 e. The zero-order valence-electron chi connectivity index (χ0n) is 20.2. The molecular weight excluding hydrogens is 538 g/mol. The second kappa shape index (κ2) is 9.69. The van der Waals surface area contributed by atoms with Crippen molar-refractivity contribution in [3.8, 4) is 10.4 Å². The number of anilines is 1. The Morgan fingerprint density at radius 1 is 1.11 bits per heavy atom. The van der Waals surface area contributed by atoms with Crippen molar-refractivity contribution in [3.63, 3.8) is 0 Å². The summed E-state index contributed by atoms with van der Waals surface area (Å²) in [4.78, 5) is 35.3. The van der Waals surface area contributed by atoms with Crippen LogP contribution >= 0.6 is 11.3 Å². The summed E-state index contributed by atoms with van der Waals surface area (Å²) in [5, 5.41) is 1.82. The van der Waals surface area contributed by atoms with Crippen molar-refractivity contribution < 1.29 is 40.7 Å². The van der Waals surface area contributed by atoms with E-state index in [1.54, 1.807) is 11.8 Å². The van der Waals surface area contributed by atoms with E-state index in [4.69, 9.17) is 4.74 Å². The predicted octanol–water partition coefficient (Wildman–Crippen LogP) is 5.92. The van der Waals surface area contributed by atoms with Crippen molar-refractivity contribution in [3.05, 3.63) is 28.5 Å². The van der Waals surface area contributed by atoms with Gasteiger partial charge < -0.3 is 15.0 Å². The molecule has 2 aromatic heterocycles. The molecule has 1 amide bonds. The molecule has 2 aromatic rings. The third kappa shape index (κ3) is 5.06. The summed E-state index contributed by atoms with van der Waals surface area (Å²) in [6.07, 6.45) is -5.16. The van der Waals surface area contributed by atoms with Gasteiger partial charge in [-0.05, 0) is 57.4 Å². The fraction of sp³-hybridized carbons (Fsp3) is 0.583. The number of rotatable bonds is 7. The number of aromatic nitrogens is 2. The molecular formula is C24H24F6N4O3S. The van der Waals surface area contributed by atoms with Gasteiger partial charge in [0, 0.05) is 23.8 Å². The van der Waals surface area contributed by atoms with E-state index in [-0.39, 0.29) is 34.3 Å². The van der Waals surface area contributed by atoms with Crippen molar-refractivity contribution in [2.24, 2.45) is 5.92 Å². The van der Waals surface area contributed by atoms with Gasteiger partial charge in [0.05, 0.1) is 17.0 Å². The molecule has 3 aliphatic rings. The van der Waals surface area contributed by atoms with E-state index in [0.29, 0.717) is 30.2 Å². The first-order valence-corrected chi connectivity index (χ1v) is 13.1. The Labute approximate surface area is 217 Å². The lowest BCUT2D eigenvalue weighted by atomic mass is 10.0. The summed E-state index contributed by atoms with van der Waals surface area (Å²) in [5.74, 6) is -2.80. The van der Waals surface area contributed by atoms with E-state index in [1.807, 2.05) is 0 Å². The van der Waals surface area contributed by atoms with Crippen LogP contribution in [0.15, 0.2) is 12.3 Å². The maximum Gasteiger partial charge on any atom is 0.417 e. The minimum absolute atomic E-state index is 0.00953. The molecule has 7 nitrogen and oxygen atoms in total. The molecule has 2 saturated heterocycles. The number of halogens is 6. The van der Waals surface area contributed by atoms with Crippen LogP contribution in [0.3, 0.4) is 0 Å². The van der Waals surface area contributed by atoms with E-state index < -0.39 is 53.1 Å². The lowest BCUT2D eigenvalue weighted by Crippen LogP contribution is -2.38. The number of carbonyl (C=O) groups excluding carboxylic acids is 2. The third-order valence-electron chi connectivity index (χ3n) is 7.17. The van der Waals surface area contributed by atoms with Gasteiger partial charge in [-0.25, -0.2) is 14.8 Å². The number of pyridine rings is 1. The average Bonchev–Trinajstić information content (AvgIpc) is 3.28. The molecule has 1 saturated carbocycles. The summed E-state index contributed by atoms with van der Waals surface area (Å²) < 4.78 is 88.0. The summed E-state index contributed by atoms with van der Waals surface area (Å²) in [6, 6.07) is -1.62. The van der Waals surface area contributed by atoms with Crippen LogP contribution in [0.4, 0.5) is 32.2 Å². The van der Waals surface area contributed by atoms with Crippen molar-refractivity contribution >= 4 is 29.0 Å². The number of amides is 1. The second-order valence-electron chi connectivity index (χ2n) is 9.71. The van der Waals surface area contributed by atoms with E-state index in [2.05, 4.69) is 15.3 Å². The van der Waals surface area contributed by atoms with Crippen LogP contribution in [0, 0.1) is 5.92 Å². The number of alkyl halides is 6. The fourth-order valence-electron chi connectivity index (χ4n) is 5.30. The maximum absolute atomic E-state index is 14.2. The zero-order chi connectivity index (χ0) is 27.4. The standard InChI is InChI=1S/C24H24F6N4O3S/c1-2-37-22(36)20-33-17(21(35)34-12-5-6-13(34)8-7-12)18(38-20)14-10-31-16(9-15(14)23(25,26)27)32-19(11-3-4-11)24(28,29)30/h9-13,19H,2-8H2,1H3,(H,31,32)/t12?,13?,19-/m0/s1. The monoisotopic (exact) mass is 562 g/mol. The average molecular weight is 563 g/mol. The minimum Gasteiger partial charge on any atom is -0.461 e. The zero-order valence-corrected chi connectivity index (χ0v) is 21.0. The molecule has 14 heteroatoms. The second-order valence-corrected chi connectivity index (χ2v) is 10.7. The Morgan fingerprint density at radius 3 is 2.26 bits per heavy atom. The van der Waals surface area contributed by atoms with Gasteiger partial charge in [-0.2, -0.15) is 26.3 Å². The molecule has 0 aromatic carbocycles. The normalized spacial score (nSPS) is 22.0. The molecule has 2 aliphatic heterocycles. The van der Waals surface area contributed by atoms with Crippen molar-refractivity contribution in [1.82, 2.24) is 14.9 Å². The van der Waals surface area contributed by atoms with Crippen LogP contribution in [-0.4, -0.2) is 57.7 Å². The summed E-state index contributed by atoms with van der Waals surface area (Å²) in [7, 11) is 0. The number of hydrogen-bond acceptors (Lipinski definition) is 7. The van der Waals surface area contributed by atoms with E-state index >= 15 is 0 Å². The van der Waals surface area contributed by atoms with Crippen LogP contribution < -0.4 is 5.32 Å². The minimum atomic E-state index is -5.00. The molecule has 0 radical (unpaired) electrons. The number of fused-ring (bicyclic) bond motifs is 2. The van der Waals surface area contributed by atoms with Crippen molar-refractivity contribution in [2.45, 2.75) is 75.9 Å². The number of ether oxygens (including phenoxy) is 1. The molecule has 2 bridgehead atoms. The maximum atomic E-state index is 14.2. The molecule has 4 heterocycles. The van der Waals surface area contributed by atoms with Crippen LogP contribution in [0.1, 0.15) is 71.3 Å². The highest BCUT2D eigenvalue weighted by Crippen LogP contribution is 2.45. The van der Waals surface area contributed by atoms with E-state index in [1.165, 1.54) is 0 Å². The number of carbonyl (C=O) groups is 2. The number of hydrogen-bond donors (Lipinski definition) is 1. The fourth-order valence-corrected chi connectivity index (χ4v) is 6.27. The van der Waals surface area contributed by atoms with Gasteiger partial charge in [0.25, 0.3) is 5.91 Å².